The molecule has 0 aliphatic heterocycles. The zero-order valence-corrected chi connectivity index (χ0v) is 9.82. The molecule has 0 bridgehead atoms. The first kappa shape index (κ1) is 14.8. The minimum Gasteiger partial charge on any atom is -0.480 e. The molecule has 0 aromatic heterocycles. The monoisotopic (exact) mass is 253 g/mol. The molecule has 0 aliphatic rings. The third kappa shape index (κ3) is 4.87. The fourth-order valence-corrected chi connectivity index (χ4v) is 1.79. The lowest BCUT2D eigenvalue weighted by Gasteiger charge is -2.16. The first-order valence-electron chi connectivity index (χ1n) is 4.34. The van der Waals surface area contributed by atoms with Crippen LogP contribution in [0.4, 0.5) is 0 Å². The molecule has 5 nitrogen and oxygen atoms in total. The van der Waals surface area contributed by atoms with Crippen LogP contribution in [0, 0.1) is 5.92 Å². The first-order chi connectivity index (χ1) is 6.93. The molecule has 0 saturated heterocycles. The highest BCUT2D eigenvalue weighted by molar-refractivity contribution is 7.81. The average molecular weight is 253 g/mol. The molecule has 0 aromatic carbocycles. The fourth-order valence-electron chi connectivity index (χ4n) is 0.926. The van der Waals surface area contributed by atoms with E-state index in [0.717, 1.165) is 0 Å². The molecule has 0 saturated carbocycles. The van der Waals surface area contributed by atoms with Gasteiger partial charge in [-0.05, 0) is 0 Å². The van der Waals surface area contributed by atoms with Gasteiger partial charge in [0.25, 0.3) is 0 Å². The van der Waals surface area contributed by atoms with E-state index < -0.39 is 18.1 Å². The molecule has 0 aromatic rings. The predicted molar refractivity (Wildman–Crippen MR) is 62.4 cm³/mol. The van der Waals surface area contributed by atoms with Crippen molar-refractivity contribution in [1.29, 1.82) is 0 Å². The van der Waals surface area contributed by atoms with Crippen LogP contribution in [0.25, 0.3) is 0 Å². The predicted octanol–water partition coefficient (Wildman–Crippen LogP) is -0.806. The van der Waals surface area contributed by atoms with E-state index >= 15 is 0 Å². The highest BCUT2D eigenvalue weighted by atomic mass is 32.1. The van der Waals surface area contributed by atoms with Gasteiger partial charge in [-0.3, -0.25) is 9.59 Å². The number of nitrogens with two attached hydrogens (primary N) is 1. The van der Waals surface area contributed by atoms with Crippen LogP contribution >= 0.6 is 25.3 Å². The summed E-state index contributed by atoms with van der Waals surface area (Å²) in [6.45, 7) is 0. The Balaban J connectivity index is 4.22. The number of carbonyl (C=O) groups is 2. The van der Waals surface area contributed by atoms with Gasteiger partial charge in [-0.15, -0.1) is 0 Å². The van der Waals surface area contributed by atoms with Crippen LogP contribution < -0.4 is 5.73 Å². The van der Waals surface area contributed by atoms with E-state index in [9.17, 15) is 14.7 Å². The maximum Gasteiger partial charge on any atom is 0.323 e. The van der Waals surface area contributed by atoms with Crippen molar-refractivity contribution < 1.29 is 19.8 Å². The van der Waals surface area contributed by atoms with Crippen molar-refractivity contribution in [2.45, 2.75) is 18.6 Å². The van der Waals surface area contributed by atoms with Gasteiger partial charge in [0.1, 0.15) is 11.8 Å². The number of ketones is 1. The van der Waals surface area contributed by atoms with E-state index in [1.165, 1.54) is 0 Å². The van der Waals surface area contributed by atoms with Crippen molar-refractivity contribution >= 4 is 37.0 Å². The van der Waals surface area contributed by atoms with E-state index in [0.29, 0.717) is 11.5 Å². The molecular weight excluding hydrogens is 238 g/mol. The number of hydrogen-bond donors (Lipinski definition) is 5. The van der Waals surface area contributed by atoms with Crippen LogP contribution in [-0.2, 0) is 9.59 Å². The molecule has 0 rings (SSSR count). The van der Waals surface area contributed by atoms with Gasteiger partial charge in [0.15, 0.2) is 0 Å². The number of thiol groups is 2. The Hall–Kier alpha value is -0.240. The molecule has 0 spiro atoms. The standard InChI is InChI=1S/C8H15NO4S2/c9-7(8(12)13)6(11)1-5(10)4(2-14)3-15/h4,6-7,11,14-15H,1-3,9H2,(H,12,13)/t6-,7+/m1/s1. The zero-order chi connectivity index (χ0) is 12.0. The molecule has 4 N–H and O–H groups in total. The summed E-state index contributed by atoms with van der Waals surface area (Å²) in [5.41, 5.74) is 5.15. The fraction of sp³-hybridized carbons (Fsp3) is 0.750. The Labute approximate surface area is 98.9 Å². The second-order valence-electron chi connectivity index (χ2n) is 3.16. The molecule has 0 heterocycles. The van der Waals surface area contributed by atoms with Crippen LogP contribution in [0.3, 0.4) is 0 Å². The number of carboxylic acids is 1. The van der Waals surface area contributed by atoms with Crippen molar-refractivity contribution in [2.75, 3.05) is 11.5 Å². The highest BCUT2D eigenvalue weighted by Gasteiger charge is 2.26. The Morgan fingerprint density at radius 1 is 1.27 bits per heavy atom. The van der Waals surface area contributed by atoms with Gasteiger partial charge in [0.05, 0.1) is 6.10 Å². The van der Waals surface area contributed by atoms with Gasteiger partial charge in [0.2, 0.25) is 0 Å². The van der Waals surface area contributed by atoms with Gasteiger partial charge in [-0.1, -0.05) is 0 Å². The summed E-state index contributed by atoms with van der Waals surface area (Å²) in [6, 6.07) is -1.44. The quantitative estimate of drug-likeness (QED) is 0.382. The van der Waals surface area contributed by atoms with Gasteiger partial charge in [0, 0.05) is 23.8 Å². The Bertz CT molecular complexity index is 233. The number of carbonyl (C=O) groups excluding carboxylic acids is 1. The molecule has 7 heteroatoms. The van der Waals surface area contributed by atoms with Gasteiger partial charge >= 0.3 is 5.97 Å². The Morgan fingerprint density at radius 3 is 2.07 bits per heavy atom. The minimum atomic E-state index is -1.44. The minimum absolute atomic E-state index is 0.274. The molecular formula is C8H15NO4S2. The van der Waals surface area contributed by atoms with Crippen molar-refractivity contribution in [3.63, 3.8) is 0 Å². The summed E-state index contributed by atoms with van der Waals surface area (Å²) in [6.07, 6.45) is -1.64. The summed E-state index contributed by atoms with van der Waals surface area (Å²) < 4.78 is 0. The topological polar surface area (TPSA) is 101 Å². The first-order valence-corrected chi connectivity index (χ1v) is 5.61. The maximum absolute atomic E-state index is 11.4. The number of rotatable bonds is 7. The van der Waals surface area contributed by atoms with Gasteiger partial charge in [-0.25, -0.2) is 0 Å². The lowest BCUT2D eigenvalue weighted by atomic mass is 9.99. The van der Waals surface area contributed by atoms with Crippen LogP contribution in [0.15, 0.2) is 0 Å². The Morgan fingerprint density at radius 2 is 1.73 bits per heavy atom. The molecule has 0 radical (unpaired) electrons. The van der Waals surface area contributed by atoms with Crippen LogP contribution in [0.1, 0.15) is 6.42 Å². The molecule has 2 atom stereocenters. The number of Topliss-reactive ketones (excluding diaryl/α,β-unsaturated/α-hetero) is 1. The van der Waals surface area contributed by atoms with Gasteiger partial charge in [-0.2, -0.15) is 25.3 Å². The summed E-state index contributed by atoms with van der Waals surface area (Å²) in [5.74, 6) is -1.35. The summed E-state index contributed by atoms with van der Waals surface area (Å²) >= 11 is 7.90. The number of aliphatic hydroxyl groups is 1. The number of carboxylic acid groups (broad SMARTS) is 1. The van der Waals surface area contributed by atoms with E-state index in [2.05, 4.69) is 25.3 Å². The van der Waals surface area contributed by atoms with Crippen molar-refractivity contribution in [3.8, 4) is 0 Å². The highest BCUT2D eigenvalue weighted by Crippen LogP contribution is 2.09. The smallest absolute Gasteiger partial charge is 0.323 e. The number of hydrogen-bond acceptors (Lipinski definition) is 6. The molecule has 88 valence electrons. The third-order valence-electron chi connectivity index (χ3n) is 2.01. The molecule has 0 aliphatic carbocycles. The van der Waals surface area contributed by atoms with Crippen LogP contribution in [0.5, 0.6) is 0 Å². The molecule has 15 heavy (non-hydrogen) atoms. The maximum atomic E-state index is 11.4. The third-order valence-corrected chi connectivity index (χ3v) is 2.89. The van der Waals surface area contributed by atoms with Gasteiger partial charge < -0.3 is 15.9 Å². The van der Waals surface area contributed by atoms with Crippen molar-refractivity contribution in [2.24, 2.45) is 11.7 Å². The largest absolute Gasteiger partial charge is 0.480 e. The number of aliphatic hydroxyl groups excluding tert-OH is 1. The summed E-state index contributed by atoms with van der Waals surface area (Å²) in [4.78, 5) is 21.8. The normalized spacial score (nSPS) is 15.0. The molecule has 0 unspecified atom stereocenters. The second kappa shape index (κ2) is 7.10. The Kier molecular flexibility index (Phi) is 6.99. The van der Waals surface area contributed by atoms with E-state index in [-0.39, 0.29) is 18.1 Å². The van der Waals surface area contributed by atoms with Crippen molar-refractivity contribution in [3.05, 3.63) is 0 Å². The van der Waals surface area contributed by atoms with E-state index in [1.807, 2.05) is 0 Å². The van der Waals surface area contributed by atoms with E-state index in [1.54, 1.807) is 0 Å². The van der Waals surface area contributed by atoms with E-state index in [4.69, 9.17) is 10.8 Å². The number of aliphatic carboxylic acids is 1. The lowest BCUT2D eigenvalue weighted by Crippen LogP contribution is -2.43. The van der Waals surface area contributed by atoms with Crippen molar-refractivity contribution in [1.82, 2.24) is 0 Å². The summed E-state index contributed by atoms with van der Waals surface area (Å²) in [7, 11) is 0. The lowest BCUT2D eigenvalue weighted by molar-refractivity contribution is -0.141. The zero-order valence-electron chi connectivity index (χ0n) is 8.04. The average Bonchev–Trinajstić information content (AvgIpc) is 2.18. The molecule has 0 amide bonds. The SMILES string of the molecule is N[C@H](C(=O)O)[C@H](O)CC(=O)C(CS)CS. The molecule has 0 fully saturated rings. The van der Waals surface area contributed by atoms with Crippen LogP contribution in [-0.4, -0.2) is 45.6 Å². The summed E-state index contributed by atoms with van der Waals surface area (Å²) in [5, 5.41) is 17.8. The second-order valence-corrected chi connectivity index (χ2v) is 3.89. The van der Waals surface area contributed by atoms with Crippen LogP contribution in [0.2, 0.25) is 0 Å².